The maximum atomic E-state index is 10.9. The van der Waals surface area contributed by atoms with Crippen molar-refractivity contribution in [1.82, 2.24) is 4.90 Å². The zero-order valence-electron chi connectivity index (χ0n) is 7.36. The molecule has 1 N–H and O–H groups in total. The molecule has 0 amide bonds. The molecule has 2 fully saturated rings. The van der Waals surface area contributed by atoms with Crippen LogP contribution in [0.4, 0.5) is 0 Å². The van der Waals surface area contributed by atoms with Crippen molar-refractivity contribution in [3.63, 3.8) is 0 Å². The fourth-order valence-corrected chi connectivity index (χ4v) is 2.83. The summed E-state index contributed by atoms with van der Waals surface area (Å²) in [7, 11) is 0. The van der Waals surface area contributed by atoms with Gasteiger partial charge in [-0.2, -0.15) is 0 Å². The van der Waals surface area contributed by atoms with E-state index in [-0.39, 0.29) is 5.92 Å². The van der Waals surface area contributed by atoms with Gasteiger partial charge in [-0.05, 0) is 25.3 Å². The SMILES string of the molecule is CCC1C(C(=O)O)C2CCN1C2. The van der Waals surface area contributed by atoms with Crippen LogP contribution in [-0.2, 0) is 4.79 Å². The van der Waals surface area contributed by atoms with Gasteiger partial charge in [-0.1, -0.05) is 6.92 Å². The number of nitrogens with zero attached hydrogens (tertiary/aromatic N) is 1. The van der Waals surface area contributed by atoms with Crippen LogP contribution in [0.15, 0.2) is 0 Å². The normalized spacial score (nSPS) is 45.1. The molecule has 2 heterocycles. The van der Waals surface area contributed by atoms with Crippen molar-refractivity contribution in [3.05, 3.63) is 0 Å². The smallest absolute Gasteiger partial charge is 0.308 e. The summed E-state index contributed by atoms with van der Waals surface area (Å²) in [5.74, 6) is -0.231. The first kappa shape index (κ1) is 8.05. The lowest BCUT2D eigenvalue weighted by molar-refractivity contribution is -0.144. The first-order valence-corrected chi connectivity index (χ1v) is 4.71. The fraction of sp³-hybridized carbons (Fsp3) is 0.889. The Balaban J connectivity index is 2.16. The molecule has 2 rings (SSSR count). The van der Waals surface area contributed by atoms with Gasteiger partial charge in [-0.3, -0.25) is 9.69 Å². The van der Waals surface area contributed by atoms with Crippen molar-refractivity contribution in [3.8, 4) is 0 Å². The Labute approximate surface area is 72.4 Å². The highest BCUT2D eigenvalue weighted by Crippen LogP contribution is 2.39. The predicted molar refractivity (Wildman–Crippen MR) is 44.9 cm³/mol. The van der Waals surface area contributed by atoms with Gasteiger partial charge in [0, 0.05) is 12.6 Å². The summed E-state index contributed by atoms with van der Waals surface area (Å²) in [6.45, 7) is 4.23. The maximum absolute atomic E-state index is 10.9. The van der Waals surface area contributed by atoms with Crippen LogP contribution in [0.2, 0.25) is 0 Å². The van der Waals surface area contributed by atoms with Gasteiger partial charge in [0.05, 0.1) is 5.92 Å². The third-order valence-electron chi connectivity index (χ3n) is 3.35. The van der Waals surface area contributed by atoms with Crippen LogP contribution < -0.4 is 0 Å². The van der Waals surface area contributed by atoms with Crippen molar-refractivity contribution in [2.24, 2.45) is 11.8 Å². The molecule has 0 aromatic carbocycles. The highest BCUT2D eigenvalue weighted by molar-refractivity contribution is 5.72. The summed E-state index contributed by atoms with van der Waals surface area (Å²) >= 11 is 0. The first-order chi connectivity index (χ1) is 5.74. The van der Waals surface area contributed by atoms with E-state index < -0.39 is 5.97 Å². The Hall–Kier alpha value is -0.570. The molecule has 12 heavy (non-hydrogen) atoms. The highest BCUT2D eigenvalue weighted by Gasteiger charge is 2.48. The molecule has 0 radical (unpaired) electrons. The summed E-state index contributed by atoms with van der Waals surface area (Å²) in [6, 6.07) is 0.321. The number of fused-ring (bicyclic) bond motifs is 2. The van der Waals surface area contributed by atoms with E-state index in [1.807, 2.05) is 0 Å². The second kappa shape index (κ2) is 2.73. The number of hydrogen-bond acceptors (Lipinski definition) is 2. The molecular formula is C9H15NO2. The number of carboxylic acids is 1. The number of hydrogen-bond donors (Lipinski definition) is 1. The lowest BCUT2D eigenvalue weighted by Gasteiger charge is -2.28. The second-order valence-electron chi connectivity index (χ2n) is 3.88. The molecule has 2 aliphatic rings. The van der Waals surface area contributed by atoms with Crippen LogP contribution >= 0.6 is 0 Å². The first-order valence-electron chi connectivity index (χ1n) is 4.71. The van der Waals surface area contributed by atoms with Crippen LogP contribution in [-0.4, -0.2) is 35.1 Å². The largest absolute Gasteiger partial charge is 0.481 e. The number of rotatable bonds is 2. The Kier molecular flexibility index (Phi) is 1.83. The van der Waals surface area contributed by atoms with E-state index in [0.717, 1.165) is 25.9 Å². The fourth-order valence-electron chi connectivity index (χ4n) is 2.83. The number of carbonyl (C=O) groups is 1. The molecule has 2 saturated heterocycles. The molecule has 0 aromatic heterocycles. The molecule has 2 bridgehead atoms. The van der Waals surface area contributed by atoms with Crippen molar-refractivity contribution < 1.29 is 9.90 Å². The zero-order valence-corrected chi connectivity index (χ0v) is 7.36. The number of piperidine rings is 1. The predicted octanol–water partition coefficient (Wildman–Crippen LogP) is 0.801. The van der Waals surface area contributed by atoms with Gasteiger partial charge < -0.3 is 5.11 Å². The summed E-state index contributed by atoms with van der Waals surface area (Å²) in [6.07, 6.45) is 2.07. The van der Waals surface area contributed by atoms with Gasteiger partial charge in [0.25, 0.3) is 0 Å². The molecular weight excluding hydrogens is 154 g/mol. The van der Waals surface area contributed by atoms with E-state index >= 15 is 0 Å². The topological polar surface area (TPSA) is 40.5 Å². The van der Waals surface area contributed by atoms with E-state index in [4.69, 9.17) is 5.11 Å². The molecule has 2 aliphatic heterocycles. The third kappa shape index (κ3) is 0.959. The zero-order chi connectivity index (χ0) is 8.72. The van der Waals surface area contributed by atoms with Crippen LogP contribution in [0.3, 0.4) is 0 Å². The lowest BCUT2D eigenvalue weighted by Crippen LogP contribution is -2.39. The minimum absolute atomic E-state index is 0.0799. The molecule has 4 unspecified atom stereocenters. The van der Waals surface area contributed by atoms with Crippen molar-refractivity contribution in [2.45, 2.75) is 25.8 Å². The molecule has 3 nitrogen and oxygen atoms in total. The van der Waals surface area contributed by atoms with Crippen LogP contribution in [0.5, 0.6) is 0 Å². The molecule has 0 aromatic rings. The summed E-state index contributed by atoms with van der Waals surface area (Å²) in [5.41, 5.74) is 0. The Morgan fingerprint density at radius 3 is 2.92 bits per heavy atom. The number of carboxylic acid groups (broad SMARTS) is 1. The average molecular weight is 169 g/mol. The molecule has 0 saturated carbocycles. The quantitative estimate of drug-likeness (QED) is 0.664. The van der Waals surface area contributed by atoms with Crippen molar-refractivity contribution >= 4 is 5.97 Å². The van der Waals surface area contributed by atoms with Gasteiger partial charge in [0.1, 0.15) is 0 Å². The Bertz CT molecular complexity index is 205. The van der Waals surface area contributed by atoms with Gasteiger partial charge in [0.15, 0.2) is 0 Å². The molecule has 68 valence electrons. The van der Waals surface area contributed by atoms with Crippen molar-refractivity contribution in [1.29, 1.82) is 0 Å². The summed E-state index contributed by atoms with van der Waals surface area (Å²) in [4.78, 5) is 13.3. The minimum Gasteiger partial charge on any atom is -0.481 e. The van der Waals surface area contributed by atoms with Crippen LogP contribution in [0.1, 0.15) is 19.8 Å². The van der Waals surface area contributed by atoms with Crippen LogP contribution in [0.25, 0.3) is 0 Å². The maximum Gasteiger partial charge on any atom is 0.308 e. The van der Waals surface area contributed by atoms with Gasteiger partial charge in [-0.15, -0.1) is 0 Å². The monoisotopic (exact) mass is 169 g/mol. The average Bonchev–Trinajstić information content (AvgIpc) is 2.60. The second-order valence-corrected chi connectivity index (χ2v) is 3.88. The number of aliphatic carboxylic acids is 1. The summed E-state index contributed by atoms with van der Waals surface area (Å²) in [5, 5.41) is 9.01. The van der Waals surface area contributed by atoms with Gasteiger partial charge in [-0.25, -0.2) is 0 Å². The van der Waals surface area contributed by atoms with Crippen LogP contribution in [0, 0.1) is 11.8 Å². The Morgan fingerprint density at radius 1 is 1.67 bits per heavy atom. The third-order valence-corrected chi connectivity index (χ3v) is 3.35. The molecule has 4 atom stereocenters. The van der Waals surface area contributed by atoms with Crippen molar-refractivity contribution in [2.75, 3.05) is 13.1 Å². The molecule has 0 aliphatic carbocycles. The lowest BCUT2D eigenvalue weighted by atomic mass is 9.86. The van der Waals surface area contributed by atoms with E-state index in [2.05, 4.69) is 11.8 Å². The highest BCUT2D eigenvalue weighted by atomic mass is 16.4. The van der Waals surface area contributed by atoms with Gasteiger partial charge >= 0.3 is 5.97 Å². The van der Waals surface area contributed by atoms with E-state index in [9.17, 15) is 4.79 Å². The molecule has 0 spiro atoms. The van der Waals surface area contributed by atoms with E-state index in [1.54, 1.807) is 0 Å². The standard InChI is InChI=1S/C9H15NO2/c1-2-7-8(9(11)12)6-3-4-10(7)5-6/h6-8H,2-5H2,1H3,(H,11,12). The van der Waals surface area contributed by atoms with E-state index in [1.165, 1.54) is 0 Å². The Morgan fingerprint density at radius 2 is 2.42 bits per heavy atom. The minimum atomic E-state index is -0.589. The molecule has 3 heteroatoms. The van der Waals surface area contributed by atoms with Gasteiger partial charge in [0.2, 0.25) is 0 Å². The van der Waals surface area contributed by atoms with E-state index in [0.29, 0.717) is 12.0 Å². The summed E-state index contributed by atoms with van der Waals surface area (Å²) < 4.78 is 0.